The van der Waals surface area contributed by atoms with Gasteiger partial charge in [0.05, 0.1) is 19.0 Å². The zero-order chi connectivity index (χ0) is 12.0. The number of primary amides is 1. The van der Waals surface area contributed by atoms with Gasteiger partial charge in [-0.2, -0.15) is 0 Å². The number of carbonyl (C=O) groups excluding carboxylic acids is 1. The number of aromatic nitrogens is 3. The van der Waals surface area contributed by atoms with E-state index in [0.717, 1.165) is 0 Å². The van der Waals surface area contributed by atoms with Crippen molar-refractivity contribution in [1.29, 1.82) is 0 Å². The minimum absolute atomic E-state index is 0.194. The first-order valence-corrected chi connectivity index (χ1v) is 4.56. The Hall–Kier alpha value is -1.73. The van der Waals surface area contributed by atoms with Crippen molar-refractivity contribution < 1.29 is 18.3 Å². The van der Waals surface area contributed by atoms with Crippen LogP contribution in [-0.4, -0.2) is 27.0 Å². The van der Waals surface area contributed by atoms with Gasteiger partial charge in [0.2, 0.25) is 0 Å². The number of alkyl halides is 2. The second kappa shape index (κ2) is 3.13. The van der Waals surface area contributed by atoms with Crippen LogP contribution in [0.25, 0.3) is 0 Å². The SMILES string of the molecule is Cn1cc(C2(OC(N)=O)CC(F)(F)C2)nn1. The van der Waals surface area contributed by atoms with Gasteiger partial charge in [-0.1, -0.05) is 5.21 Å². The average Bonchev–Trinajstić information content (AvgIpc) is 2.46. The lowest BCUT2D eigenvalue weighted by Gasteiger charge is -2.44. The van der Waals surface area contributed by atoms with Crippen molar-refractivity contribution in [1.82, 2.24) is 15.0 Å². The van der Waals surface area contributed by atoms with Crippen LogP contribution in [0.2, 0.25) is 0 Å². The second-order valence-electron chi connectivity index (χ2n) is 3.90. The summed E-state index contributed by atoms with van der Waals surface area (Å²) in [6, 6.07) is 0. The molecule has 0 radical (unpaired) electrons. The standard InChI is InChI=1S/C8H10F2N4O2/c1-14-2-5(12-13-14)7(16-6(11)15)3-8(9,10)4-7/h2H,3-4H2,1H3,(H2,11,15). The lowest BCUT2D eigenvalue weighted by molar-refractivity contribution is -0.210. The predicted molar refractivity (Wildman–Crippen MR) is 47.5 cm³/mol. The number of hydrogen-bond acceptors (Lipinski definition) is 4. The molecule has 1 fully saturated rings. The molecule has 0 saturated heterocycles. The molecule has 0 aromatic carbocycles. The van der Waals surface area contributed by atoms with Gasteiger partial charge in [-0.05, 0) is 0 Å². The van der Waals surface area contributed by atoms with Crippen LogP contribution in [0.3, 0.4) is 0 Å². The fraction of sp³-hybridized carbons (Fsp3) is 0.625. The van der Waals surface area contributed by atoms with E-state index in [0.29, 0.717) is 0 Å². The van der Waals surface area contributed by atoms with Crippen LogP contribution in [-0.2, 0) is 17.4 Å². The summed E-state index contributed by atoms with van der Waals surface area (Å²) in [5.74, 6) is -2.85. The number of amides is 1. The number of nitrogens with zero attached hydrogens (tertiary/aromatic N) is 3. The molecule has 1 saturated carbocycles. The number of halogens is 2. The molecule has 1 aromatic heterocycles. The Morgan fingerprint density at radius 1 is 1.62 bits per heavy atom. The van der Waals surface area contributed by atoms with Gasteiger partial charge in [-0.15, -0.1) is 5.10 Å². The minimum atomic E-state index is -2.85. The smallest absolute Gasteiger partial charge is 0.405 e. The summed E-state index contributed by atoms with van der Waals surface area (Å²) >= 11 is 0. The van der Waals surface area contributed by atoms with Crippen molar-refractivity contribution in [3.63, 3.8) is 0 Å². The van der Waals surface area contributed by atoms with Crippen LogP contribution in [0.1, 0.15) is 18.5 Å². The largest absolute Gasteiger partial charge is 0.436 e. The van der Waals surface area contributed by atoms with E-state index in [1.807, 2.05) is 0 Å². The average molecular weight is 232 g/mol. The van der Waals surface area contributed by atoms with Gasteiger partial charge in [0.1, 0.15) is 5.69 Å². The van der Waals surface area contributed by atoms with E-state index in [9.17, 15) is 13.6 Å². The molecule has 1 amide bonds. The Morgan fingerprint density at radius 3 is 2.62 bits per heavy atom. The number of carbonyl (C=O) groups is 1. The Balaban J connectivity index is 2.27. The molecular weight excluding hydrogens is 222 g/mol. The van der Waals surface area contributed by atoms with E-state index in [1.165, 1.54) is 10.9 Å². The van der Waals surface area contributed by atoms with Crippen LogP contribution in [0, 0.1) is 0 Å². The fourth-order valence-electron chi connectivity index (χ4n) is 1.84. The molecule has 8 heteroatoms. The van der Waals surface area contributed by atoms with Gasteiger partial charge in [-0.3, -0.25) is 4.68 Å². The van der Waals surface area contributed by atoms with Gasteiger partial charge in [-0.25, -0.2) is 13.6 Å². The Bertz CT molecular complexity index is 423. The molecule has 0 unspecified atom stereocenters. The summed E-state index contributed by atoms with van der Waals surface area (Å²) in [6.07, 6.45) is -0.886. The first kappa shape index (κ1) is 10.8. The Kier molecular flexibility index (Phi) is 2.11. The Labute approximate surface area is 89.4 Å². The van der Waals surface area contributed by atoms with Crippen molar-refractivity contribution in [3.05, 3.63) is 11.9 Å². The topological polar surface area (TPSA) is 83.0 Å². The van der Waals surface area contributed by atoms with E-state index in [2.05, 4.69) is 10.3 Å². The maximum atomic E-state index is 12.9. The van der Waals surface area contributed by atoms with Crippen molar-refractivity contribution >= 4 is 6.09 Å². The molecule has 6 nitrogen and oxygen atoms in total. The van der Waals surface area contributed by atoms with Gasteiger partial charge >= 0.3 is 6.09 Å². The molecule has 2 N–H and O–H groups in total. The van der Waals surface area contributed by atoms with Crippen LogP contribution in [0.5, 0.6) is 0 Å². The Morgan fingerprint density at radius 2 is 2.25 bits per heavy atom. The number of nitrogens with two attached hydrogens (primary N) is 1. The normalized spacial score (nSPS) is 21.2. The van der Waals surface area contributed by atoms with Gasteiger partial charge in [0, 0.05) is 7.05 Å². The molecule has 1 aliphatic rings. The number of aryl methyl sites for hydroxylation is 1. The third-order valence-corrected chi connectivity index (χ3v) is 2.45. The number of rotatable bonds is 2. The van der Waals surface area contributed by atoms with E-state index < -0.39 is 30.5 Å². The highest BCUT2D eigenvalue weighted by Crippen LogP contribution is 2.53. The van der Waals surface area contributed by atoms with E-state index in [-0.39, 0.29) is 5.69 Å². The third-order valence-electron chi connectivity index (χ3n) is 2.45. The van der Waals surface area contributed by atoms with Gasteiger partial charge < -0.3 is 10.5 Å². The molecule has 0 spiro atoms. The van der Waals surface area contributed by atoms with Crippen LogP contribution in [0.4, 0.5) is 13.6 Å². The van der Waals surface area contributed by atoms with Crippen LogP contribution in [0.15, 0.2) is 6.20 Å². The molecule has 0 aliphatic heterocycles. The lowest BCUT2D eigenvalue weighted by atomic mass is 9.74. The fourth-order valence-corrected chi connectivity index (χ4v) is 1.84. The molecule has 1 aromatic rings. The number of ether oxygens (including phenoxy) is 1. The molecule has 0 bridgehead atoms. The minimum Gasteiger partial charge on any atom is -0.436 e. The summed E-state index contributed by atoms with van der Waals surface area (Å²) in [4.78, 5) is 10.7. The summed E-state index contributed by atoms with van der Waals surface area (Å²) < 4.78 is 31.9. The molecule has 2 rings (SSSR count). The zero-order valence-corrected chi connectivity index (χ0v) is 8.48. The molecule has 88 valence electrons. The highest BCUT2D eigenvalue weighted by atomic mass is 19.3. The van der Waals surface area contributed by atoms with Crippen molar-refractivity contribution in [2.75, 3.05) is 0 Å². The van der Waals surface area contributed by atoms with Crippen molar-refractivity contribution in [2.45, 2.75) is 24.4 Å². The lowest BCUT2D eigenvalue weighted by Crippen LogP contribution is -2.53. The molecule has 1 heterocycles. The second-order valence-corrected chi connectivity index (χ2v) is 3.90. The van der Waals surface area contributed by atoms with Crippen LogP contribution < -0.4 is 5.73 Å². The van der Waals surface area contributed by atoms with Crippen LogP contribution >= 0.6 is 0 Å². The maximum absolute atomic E-state index is 12.9. The van der Waals surface area contributed by atoms with E-state index >= 15 is 0 Å². The van der Waals surface area contributed by atoms with Gasteiger partial charge in [0.15, 0.2) is 5.60 Å². The summed E-state index contributed by atoms with van der Waals surface area (Å²) in [5.41, 5.74) is 3.63. The van der Waals surface area contributed by atoms with E-state index in [4.69, 9.17) is 10.5 Å². The number of hydrogen-bond donors (Lipinski definition) is 1. The molecule has 0 atom stereocenters. The predicted octanol–water partition coefficient (Wildman–Crippen LogP) is 0.535. The summed E-state index contributed by atoms with van der Waals surface area (Å²) in [5, 5.41) is 7.28. The third kappa shape index (κ3) is 1.70. The van der Waals surface area contributed by atoms with Gasteiger partial charge in [0.25, 0.3) is 5.92 Å². The monoisotopic (exact) mass is 232 g/mol. The van der Waals surface area contributed by atoms with E-state index in [1.54, 1.807) is 7.05 Å². The quantitative estimate of drug-likeness (QED) is 0.806. The summed E-state index contributed by atoms with van der Waals surface area (Å²) in [6.45, 7) is 0. The maximum Gasteiger partial charge on any atom is 0.405 e. The van der Waals surface area contributed by atoms with Crippen molar-refractivity contribution in [3.8, 4) is 0 Å². The molecule has 1 aliphatic carbocycles. The molecular formula is C8H10F2N4O2. The molecule has 16 heavy (non-hydrogen) atoms. The summed E-state index contributed by atoms with van der Waals surface area (Å²) in [7, 11) is 1.59. The highest BCUT2D eigenvalue weighted by molar-refractivity contribution is 5.65. The highest BCUT2D eigenvalue weighted by Gasteiger charge is 2.61. The van der Waals surface area contributed by atoms with Crippen molar-refractivity contribution in [2.24, 2.45) is 12.8 Å². The first-order valence-electron chi connectivity index (χ1n) is 4.56. The zero-order valence-electron chi connectivity index (χ0n) is 8.48. The first-order chi connectivity index (χ1) is 7.33.